The lowest BCUT2D eigenvalue weighted by atomic mass is 10.3. The van der Waals surface area contributed by atoms with Crippen molar-refractivity contribution in [2.45, 2.75) is 6.54 Å². The fraction of sp³-hybridized carbons (Fsp3) is 0.133. The predicted octanol–water partition coefficient (Wildman–Crippen LogP) is 0.759. The Balaban J connectivity index is 1.79. The smallest absolute Gasteiger partial charge is 0.275 e. The Hall–Kier alpha value is -3.29. The summed E-state index contributed by atoms with van der Waals surface area (Å²) in [5.74, 6) is 0. The molecule has 0 atom stereocenters. The van der Waals surface area contributed by atoms with E-state index < -0.39 is 0 Å². The second-order valence-electron chi connectivity index (χ2n) is 5.20. The summed E-state index contributed by atoms with van der Waals surface area (Å²) in [5.41, 5.74) is 1.95. The molecule has 0 unspecified atom stereocenters. The van der Waals surface area contributed by atoms with Crippen molar-refractivity contribution in [3.8, 4) is 5.69 Å². The number of nitrogens with zero attached hydrogens (tertiary/aromatic N) is 7. The molecule has 114 valence electrons. The van der Waals surface area contributed by atoms with Gasteiger partial charge in [0.1, 0.15) is 5.39 Å². The van der Waals surface area contributed by atoms with E-state index in [-0.39, 0.29) is 5.56 Å². The zero-order valence-corrected chi connectivity index (χ0v) is 12.4. The van der Waals surface area contributed by atoms with Gasteiger partial charge in [-0.15, -0.1) is 5.10 Å². The van der Waals surface area contributed by atoms with Crippen molar-refractivity contribution in [2.75, 3.05) is 0 Å². The highest BCUT2D eigenvalue weighted by Crippen LogP contribution is 2.12. The number of para-hydroxylation sites is 1. The minimum Gasteiger partial charge on any atom is -0.275 e. The van der Waals surface area contributed by atoms with Gasteiger partial charge in [-0.2, -0.15) is 10.2 Å². The van der Waals surface area contributed by atoms with Gasteiger partial charge < -0.3 is 0 Å². The molecule has 0 aliphatic rings. The van der Waals surface area contributed by atoms with Crippen LogP contribution >= 0.6 is 0 Å². The summed E-state index contributed by atoms with van der Waals surface area (Å²) in [4.78, 5) is 12.6. The van der Waals surface area contributed by atoms with Gasteiger partial charge >= 0.3 is 0 Å². The molecule has 8 nitrogen and oxygen atoms in total. The van der Waals surface area contributed by atoms with Crippen LogP contribution in [0.1, 0.15) is 5.56 Å². The number of fused-ring (bicyclic) bond motifs is 1. The molecule has 0 N–H and O–H groups in total. The van der Waals surface area contributed by atoms with Gasteiger partial charge in [0.25, 0.3) is 5.56 Å². The van der Waals surface area contributed by atoms with Crippen LogP contribution in [0.2, 0.25) is 0 Å². The molecule has 4 aromatic rings. The molecule has 23 heavy (non-hydrogen) atoms. The molecule has 3 heterocycles. The summed E-state index contributed by atoms with van der Waals surface area (Å²) in [7, 11) is 1.82. The SMILES string of the molecule is Cn1cc(Cn2nnc3c(cnn3-c3ccccc3)c2=O)cn1. The first kappa shape index (κ1) is 13.4. The van der Waals surface area contributed by atoms with Gasteiger partial charge in [0.15, 0.2) is 5.65 Å². The molecular weight excluding hydrogens is 294 g/mol. The van der Waals surface area contributed by atoms with Gasteiger partial charge in [0.2, 0.25) is 0 Å². The number of rotatable bonds is 3. The van der Waals surface area contributed by atoms with E-state index in [4.69, 9.17) is 0 Å². The molecule has 8 heteroatoms. The predicted molar refractivity (Wildman–Crippen MR) is 83.2 cm³/mol. The monoisotopic (exact) mass is 307 g/mol. The number of aromatic nitrogens is 7. The maximum atomic E-state index is 12.6. The van der Waals surface area contributed by atoms with Crippen LogP contribution in [-0.2, 0) is 13.6 Å². The molecule has 4 rings (SSSR count). The fourth-order valence-electron chi connectivity index (χ4n) is 2.45. The fourth-order valence-corrected chi connectivity index (χ4v) is 2.45. The lowest BCUT2D eigenvalue weighted by Crippen LogP contribution is -2.24. The van der Waals surface area contributed by atoms with Crippen molar-refractivity contribution in [2.24, 2.45) is 7.05 Å². The zero-order chi connectivity index (χ0) is 15.8. The lowest BCUT2D eigenvalue weighted by molar-refractivity contribution is 0.597. The van der Waals surface area contributed by atoms with Crippen LogP contribution in [0.5, 0.6) is 0 Å². The third-order valence-corrected chi connectivity index (χ3v) is 3.55. The molecule has 0 saturated carbocycles. The summed E-state index contributed by atoms with van der Waals surface area (Å²) in [6.45, 7) is 0.326. The maximum absolute atomic E-state index is 12.6. The third kappa shape index (κ3) is 2.30. The van der Waals surface area contributed by atoms with Crippen molar-refractivity contribution >= 4 is 11.0 Å². The van der Waals surface area contributed by atoms with Crippen LogP contribution < -0.4 is 5.56 Å². The van der Waals surface area contributed by atoms with Gasteiger partial charge in [-0.05, 0) is 12.1 Å². The molecule has 0 aliphatic carbocycles. The van der Waals surface area contributed by atoms with E-state index in [2.05, 4.69) is 20.5 Å². The Kier molecular flexibility index (Phi) is 3.00. The standard InChI is InChI=1S/C15H13N7O/c1-20-9-11(7-16-20)10-21-15(23)13-8-17-22(14(13)18-19-21)12-5-3-2-4-6-12/h2-9H,10H2,1H3. The van der Waals surface area contributed by atoms with E-state index >= 15 is 0 Å². The molecule has 1 aromatic carbocycles. The molecular formula is C15H13N7O. The first-order chi connectivity index (χ1) is 11.2. The number of benzene rings is 1. The van der Waals surface area contributed by atoms with Crippen LogP contribution in [0.25, 0.3) is 16.7 Å². The Morgan fingerprint density at radius 1 is 1.09 bits per heavy atom. The molecule has 0 amide bonds. The summed E-state index contributed by atoms with van der Waals surface area (Å²) < 4.78 is 4.61. The highest BCUT2D eigenvalue weighted by Gasteiger charge is 2.13. The molecule has 0 spiro atoms. The van der Waals surface area contributed by atoms with E-state index in [0.717, 1.165) is 11.3 Å². The van der Waals surface area contributed by atoms with Crippen molar-refractivity contribution in [3.05, 3.63) is 64.8 Å². The van der Waals surface area contributed by atoms with Gasteiger partial charge in [0, 0.05) is 18.8 Å². The van der Waals surface area contributed by atoms with Gasteiger partial charge in [-0.25, -0.2) is 9.36 Å². The summed E-state index contributed by atoms with van der Waals surface area (Å²) in [5, 5.41) is 17.0. The first-order valence-corrected chi connectivity index (χ1v) is 7.07. The average molecular weight is 307 g/mol. The summed E-state index contributed by atoms with van der Waals surface area (Å²) in [6, 6.07) is 9.52. The van der Waals surface area contributed by atoms with E-state index in [9.17, 15) is 4.79 Å². The van der Waals surface area contributed by atoms with Crippen LogP contribution in [0.3, 0.4) is 0 Å². The number of hydrogen-bond donors (Lipinski definition) is 0. The Bertz CT molecular complexity index is 1030. The van der Waals surface area contributed by atoms with Crippen LogP contribution in [0.4, 0.5) is 0 Å². The average Bonchev–Trinajstić information content (AvgIpc) is 3.17. The van der Waals surface area contributed by atoms with Gasteiger partial charge in [-0.1, -0.05) is 23.4 Å². The van der Waals surface area contributed by atoms with E-state index in [1.807, 2.05) is 43.6 Å². The zero-order valence-electron chi connectivity index (χ0n) is 12.4. The first-order valence-electron chi connectivity index (χ1n) is 7.07. The van der Waals surface area contributed by atoms with Crippen LogP contribution in [0, 0.1) is 0 Å². The Morgan fingerprint density at radius 3 is 2.65 bits per heavy atom. The van der Waals surface area contributed by atoms with Crippen molar-refractivity contribution in [1.29, 1.82) is 0 Å². The molecule has 3 aromatic heterocycles. The second-order valence-corrected chi connectivity index (χ2v) is 5.20. The van der Waals surface area contributed by atoms with E-state index in [0.29, 0.717) is 17.6 Å². The number of aryl methyl sites for hydroxylation is 1. The molecule has 0 aliphatic heterocycles. The Labute approximate surface area is 130 Å². The van der Waals surface area contributed by atoms with Crippen LogP contribution in [0.15, 0.2) is 53.7 Å². The molecule has 0 radical (unpaired) electrons. The summed E-state index contributed by atoms with van der Waals surface area (Å²) >= 11 is 0. The minimum absolute atomic E-state index is 0.221. The van der Waals surface area contributed by atoms with Crippen molar-refractivity contribution < 1.29 is 0 Å². The van der Waals surface area contributed by atoms with Crippen molar-refractivity contribution in [1.82, 2.24) is 34.6 Å². The van der Waals surface area contributed by atoms with Crippen molar-refractivity contribution in [3.63, 3.8) is 0 Å². The molecule has 0 bridgehead atoms. The van der Waals surface area contributed by atoms with Gasteiger partial charge in [0.05, 0.1) is 24.6 Å². The largest absolute Gasteiger partial charge is 0.281 e. The highest BCUT2D eigenvalue weighted by molar-refractivity contribution is 5.74. The second kappa shape index (κ2) is 5.16. The van der Waals surface area contributed by atoms with Crippen LogP contribution in [-0.4, -0.2) is 34.6 Å². The molecule has 0 fully saturated rings. The summed E-state index contributed by atoms with van der Waals surface area (Å²) in [6.07, 6.45) is 5.07. The maximum Gasteiger partial charge on any atom is 0.281 e. The van der Waals surface area contributed by atoms with E-state index in [1.54, 1.807) is 15.6 Å². The normalized spacial score (nSPS) is 11.2. The van der Waals surface area contributed by atoms with Gasteiger partial charge in [-0.3, -0.25) is 9.48 Å². The highest BCUT2D eigenvalue weighted by atomic mass is 16.1. The third-order valence-electron chi connectivity index (χ3n) is 3.55. The topological polar surface area (TPSA) is 83.4 Å². The molecule has 0 saturated heterocycles. The number of hydrogen-bond acceptors (Lipinski definition) is 5. The lowest BCUT2D eigenvalue weighted by Gasteiger charge is -2.03. The Morgan fingerprint density at radius 2 is 1.91 bits per heavy atom. The quantitative estimate of drug-likeness (QED) is 0.558. The van der Waals surface area contributed by atoms with E-state index in [1.165, 1.54) is 10.9 Å². The minimum atomic E-state index is -0.221.